The summed E-state index contributed by atoms with van der Waals surface area (Å²) in [4.78, 5) is 0. The van der Waals surface area contributed by atoms with Crippen molar-refractivity contribution < 1.29 is 8.78 Å². The second kappa shape index (κ2) is 13.5. The Kier molecular flexibility index (Phi) is 11.0. The van der Waals surface area contributed by atoms with Crippen LogP contribution in [0.15, 0.2) is 60.7 Å². The first-order chi connectivity index (χ1) is 14.2. The largest absolute Gasteiger partial charge is 0.266 e. The fourth-order valence-electron chi connectivity index (χ4n) is 4.24. The third-order valence-corrected chi connectivity index (χ3v) is 6.14. The summed E-state index contributed by atoms with van der Waals surface area (Å²) in [6, 6.07) is 10.3. The van der Waals surface area contributed by atoms with Crippen molar-refractivity contribution in [3.05, 3.63) is 66.3 Å². The summed E-state index contributed by atoms with van der Waals surface area (Å²) in [5.74, 6) is 0. The quantitative estimate of drug-likeness (QED) is 0.273. The van der Waals surface area contributed by atoms with Crippen molar-refractivity contribution in [2.45, 2.75) is 90.4 Å². The van der Waals surface area contributed by atoms with E-state index in [0.717, 1.165) is 25.3 Å². The normalized spacial score (nSPS) is 18.5. The van der Waals surface area contributed by atoms with Gasteiger partial charge in [0, 0.05) is 0 Å². The van der Waals surface area contributed by atoms with Crippen LogP contribution in [0.4, 0.5) is 8.78 Å². The molecule has 0 spiro atoms. The Labute approximate surface area is 176 Å². The van der Waals surface area contributed by atoms with E-state index in [1.54, 1.807) is 0 Å². The summed E-state index contributed by atoms with van der Waals surface area (Å²) < 4.78 is 25.5. The molecule has 29 heavy (non-hydrogen) atoms. The van der Waals surface area contributed by atoms with E-state index in [1.807, 2.05) is 18.2 Å². The summed E-state index contributed by atoms with van der Waals surface area (Å²) in [6.07, 6.45) is 21.4. The number of hydrogen-bond donors (Lipinski definition) is 0. The molecular formula is C27H38F2. The topological polar surface area (TPSA) is 0 Å². The highest BCUT2D eigenvalue weighted by atomic mass is 19.3. The molecule has 0 fully saturated rings. The first kappa shape index (κ1) is 23.6. The predicted molar refractivity (Wildman–Crippen MR) is 122 cm³/mol. The summed E-state index contributed by atoms with van der Waals surface area (Å²) in [6.45, 7) is 2.25. The van der Waals surface area contributed by atoms with Gasteiger partial charge in [-0.25, -0.2) is 0 Å². The van der Waals surface area contributed by atoms with Gasteiger partial charge in [0.1, 0.15) is 0 Å². The third kappa shape index (κ3) is 9.10. The van der Waals surface area contributed by atoms with Crippen molar-refractivity contribution in [3.63, 3.8) is 0 Å². The van der Waals surface area contributed by atoms with Gasteiger partial charge in [-0.2, -0.15) is 8.78 Å². The first-order valence-corrected chi connectivity index (χ1v) is 11.6. The lowest BCUT2D eigenvalue weighted by molar-refractivity contribution is 0.328. The Hall–Kier alpha value is -1.70. The van der Waals surface area contributed by atoms with Gasteiger partial charge in [0.15, 0.2) is 0 Å². The predicted octanol–water partition coefficient (Wildman–Crippen LogP) is 9.50. The summed E-state index contributed by atoms with van der Waals surface area (Å²) in [7, 11) is 0. The molecular weight excluding hydrogens is 362 g/mol. The zero-order chi connectivity index (χ0) is 20.8. The van der Waals surface area contributed by atoms with E-state index in [9.17, 15) is 8.78 Å². The molecule has 0 aliphatic heterocycles. The molecule has 2 heteroatoms. The van der Waals surface area contributed by atoms with Gasteiger partial charge in [0.2, 0.25) is 0 Å². The Morgan fingerprint density at radius 3 is 2.07 bits per heavy atom. The van der Waals surface area contributed by atoms with Crippen molar-refractivity contribution in [3.8, 4) is 0 Å². The van der Waals surface area contributed by atoms with E-state index < -0.39 is 6.08 Å². The van der Waals surface area contributed by atoms with Crippen LogP contribution in [0, 0.1) is 5.41 Å². The first-order valence-electron chi connectivity index (χ1n) is 11.6. The molecule has 0 heterocycles. The average Bonchev–Trinajstić information content (AvgIpc) is 2.75. The third-order valence-electron chi connectivity index (χ3n) is 6.14. The maximum absolute atomic E-state index is 12.8. The van der Waals surface area contributed by atoms with Gasteiger partial charge in [0.05, 0.1) is 0 Å². The minimum atomic E-state index is -1.56. The monoisotopic (exact) mass is 400 g/mol. The van der Waals surface area contributed by atoms with Crippen LogP contribution in [0.2, 0.25) is 0 Å². The number of allylic oxidation sites excluding steroid dienone is 5. The lowest BCUT2D eigenvalue weighted by Crippen LogP contribution is -2.19. The van der Waals surface area contributed by atoms with E-state index in [2.05, 4.69) is 37.3 Å². The van der Waals surface area contributed by atoms with Gasteiger partial charge in [-0.1, -0.05) is 120 Å². The SMILES string of the molecule is CCCCCCCCCCCCC1(CC=C(F)F)C=CC(c2ccccc2)=CC1. The number of rotatable bonds is 14. The van der Waals surface area contributed by atoms with E-state index in [0.29, 0.717) is 6.42 Å². The van der Waals surface area contributed by atoms with Gasteiger partial charge in [0.25, 0.3) is 6.08 Å². The van der Waals surface area contributed by atoms with Gasteiger partial charge in [-0.3, -0.25) is 0 Å². The molecule has 1 atom stereocenters. The molecule has 0 saturated carbocycles. The molecule has 0 radical (unpaired) electrons. The molecule has 1 aliphatic rings. The summed E-state index contributed by atoms with van der Waals surface area (Å²) >= 11 is 0. The van der Waals surface area contributed by atoms with Gasteiger partial charge >= 0.3 is 0 Å². The Balaban J connectivity index is 1.77. The zero-order valence-electron chi connectivity index (χ0n) is 18.1. The Morgan fingerprint density at radius 2 is 1.52 bits per heavy atom. The fraction of sp³-hybridized carbons (Fsp3) is 0.556. The van der Waals surface area contributed by atoms with E-state index in [-0.39, 0.29) is 5.41 Å². The Bertz CT molecular complexity index is 652. The molecule has 1 aromatic rings. The van der Waals surface area contributed by atoms with Gasteiger partial charge < -0.3 is 0 Å². The average molecular weight is 401 g/mol. The van der Waals surface area contributed by atoms with Crippen LogP contribution in [-0.2, 0) is 0 Å². The van der Waals surface area contributed by atoms with Crippen LogP contribution in [0.3, 0.4) is 0 Å². The fourth-order valence-corrected chi connectivity index (χ4v) is 4.24. The molecule has 0 amide bonds. The van der Waals surface area contributed by atoms with Crippen LogP contribution in [0.1, 0.15) is 96.0 Å². The van der Waals surface area contributed by atoms with Crippen molar-refractivity contribution in [2.75, 3.05) is 0 Å². The van der Waals surface area contributed by atoms with Crippen LogP contribution < -0.4 is 0 Å². The highest BCUT2D eigenvalue weighted by Gasteiger charge is 2.27. The van der Waals surface area contributed by atoms with Crippen LogP contribution in [0.25, 0.3) is 5.57 Å². The highest BCUT2D eigenvalue weighted by Crippen LogP contribution is 2.41. The maximum atomic E-state index is 12.8. The molecule has 160 valence electrons. The molecule has 1 unspecified atom stereocenters. The minimum absolute atomic E-state index is 0.151. The molecule has 2 rings (SSSR count). The zero-order valence-corrected chi connectivity index (χ0v) is 18.1. The number of benzene rings is 1. The lowest BCUT2D eigenvalue weighted by Gasteiger charge is -2.31. The minimum Gasteiger partial charge on any atom is -0.174 e. The summed E-state index contributed by atoms with van der Waals surface area (Å²) in [5.41, 5.74) is 2.25. The second-order valence-electron chi connectivity index (χ2n) is 8.56. The highest BCUT2D eigenvalue weighted by molar-refractivity contribution is 5.75. The molecule has 0 nitrogen and oxygen atoms in total. The Morgan fingerprint density at radius 1 is 0.897 bits per heavy atom. The van der Waals surface area contributed by atoms with Crippen molar-refractivity contribution in [1.29, 1.82) is 0 Å². The molecule has 0 bridgehead atoms. The van der Waals surface area contributed by atoms with Crippen LogP contribution in [-0.4, -0.2) is 0 Å². The van der Waals surface area contributed by atoms with E-state index in [4.69, 9.17) is 0 Å². The number of unbranched alkanes of at least 4 members (excludes halogenated alkanes) is 9. The molecule has 0 N–H and O–H groups in total. The lowest BCUT2D eigenvalue weighted by atomic mass is 9.73. The van der Waals surface area contributed by atoms with Gasteiger partial charge in [-0.15, -0.1) is 0 Å². The maximum Gasteiger partial charge on any atom is 0.266 e. The second-order valence-corrected chi connectivity index (χ2v) is 8.56. The number of hydrogen-bond acceptors (Lipinski definition) is 0. The van der Waals surface area contributed by atoms with Crippen molar-refractivity contribution >= 4 is 5.57 Å². The van der Waals surface area contributed by atoms with Crippen LogP contribution in [0.5, 0.6) is 0 Å². The molecule has 0 aromatic heterocycles. The van der Waals surface area contributed by atoms with E-state index in [1.165, 1.54) is 68.9 Å². The van der Waals surface area contributed by atoms with E-state index >= 15 is 0 Å². The smallest absolute Gasteiger partial charge is 0.174 e. The molecule has 1 aromatic carbocycles. The van der Waals surface area contributed by atoms with Crippen molar-refractivity contribution in [2.24, 2.45) is 5.41 Å². The molecule has 1 aliphatic carbocycles. The molecule has 0 saturated heterocycles. The van der Waals surface area contributed by atoms with Gasteiger partial charge in [-0.05, 0) is 41.9 Å². The number of halogens is 2. The summed E-state index contributed by atoms with van der Waals surface area (Å²) in [5, 5.41) is 0. The standard InChI is InChI=1S/C27H38F2/c1-2-3-4-5-6-7-8-9-10-14-20-27(23-19-26(28)29)21-17-25(18-22-27)24-15-12-11-13-16-24/h11-13,15-19,21H,2-10,14,20,22-23H2,1H3. The van der Waals surface area contributed by atoms with Crippen LogP contribution >= 0.6 is 0 Å². The van der Waals surface area contributed by atoms with Crippen molar-refractivity contribution in [1.82, 2.24) is 0 Å².